The Morgan fingerprint density at radius 1 is 1.27 bits per heavy atom. The summed E-state index contributed by atoms with van der Waals surface area (Å²) < 4.78 is 52.8. The molecule has 0 saturated carbocycles. The van der Waals surface area contributed by atoms with E-state index in [0.717, 1.165) is 0 Å². The summed E-state index contributed by atoms with van der Waals surface area (Å²) in [6.07, 6.45) is 1.26. The van der Waals surface area contributed by atoms with Crippen LogP contribution in [0.5, 0.6) is 0 Å². The highest BCUT2D eigenvalue weighted by Gasteiger charge is 2.24. The quantitative estimate of drug-likeness (QED) is 0.489. The number of aromatic nitrogens is 3. The SMILES string of the molecule is COCc1[nH]c(C(Nc2ccc(F)c(C)n2)c2ccc(F)c(Cl)c2)nc1S(C)(=N)=O. The van der Waals surface area contributed by atoms with E-state index < -0.39 is 27.4 Å². The summed E-state index contributed by atoms with van der Waals surface area (Å²) in [7, 11) is -1.69. The zero-order chi connectivity index (χ0) is 22.1. The third-order valence-corrected chi connectivity index (χ3v) is 5.65. The summed E-state index contributed by atoms with van der Waals surface area (Å²) in [6, 6.07) is 6.14. The molecule has 7 nitrogen and oxygen atoms in total. The highest BCUT2D eigenvalue weighted by atomic mass is 35.5. The van der Waals surface area contributed by atoms with E-state index in [9.17, 15) is 13.0 Å². The lowest BCUT2D eigenvalue weighted by Crippen LogP contribution is -2.16. The third kappa shape index (κ3) is 4.77. The molecule has 0 spiro atoms. The Labute approximate surface area is 177 Å². The molecule has 2 atom stereocenters. The standard InChI is InChI=1S/C19H20ClF2N5O2S/c1-10-13(21)6-7-16(24-10)26-17(11-4-5-14(22)12(20)8-11)18-25-15(9-29-2)19(27-18)30(3,23)28/h4-8,17,23H,9H2,1-3H3,(H,24,26)(H,25,27). The molecular formula is C19H20ClF2N5O2S. The van der Waals surface area contributed by atoms with E-state index in [-0.39, 0.29) is 22.3 Å². The molecule has 2 heterocycles. The van der Waals surface area contributed by atoms with Gasteiger partial charge in [-0.15, -0.1) is 0 Å². The normalized spacial score (nSPS) is 14.3. The van der Waals surface area contributed by atoms with Gasteiger partial charge in [0, 0.05) is 13.4 Å². The Kier molecular flexibility index (Phi) is 6.39. The molecule has 1 aromatic carbocycles. The lowest BCUT2D eigenvalue weighted by atomic mass is 10.1. The molecular weight excluding hydrogens is 436 g/mol. The number of pyridine rings is 1. The summed E-state index contributed by atoms with van der Waals surface area (Å²) >= 11 is 5.96. The molecule has 3 aromatic rings. The number of hydrogen-bond acceptors (Lipinski definition) is 6. The van der Waals surface area contributed by atoms with Crippen LogP contribution in [0.2, 0.25) is 5.02 Å². The van der Waals surface area contributed by atoms with E-state index in [1.54, 1.807) is 0 Å². The summed E-state index contributed by atoms with van der Waals surface area (Å²) in [6.45, 7) is 1.59. The first kappa shape index (κ1) is 22.1. The summed E-state index contributed by atoms with van der Waals surface area (Å²) in [5, 5.41) is 3.08. The first-order valence-corrected chi connectivity index (χ1v) is 11.1. The van der Waals surface area contributed by atoms with Crippen molar-refractivity contribution >= 4 is 27.1 Å². The number of nitrogens with zero attached hydrogens (tertiary/aromatic N) is 2. The molecule has 0 aliphatic heterocycles. The fourth-order valence-corrected chi connectivity index (χ4v) is 3.93. The van der Waals surface area contributed by atoms with Crippen LogP contribution in [0.25, 0.3) is 0 Å². The Morgan fingerprint density at radius 3 is 2.57 bits per heavy atom. The van der Waals surface area contributed by atoms with Crippen molar-refractivity contribution in [1.29, 1.82) is 4.78 Å². The summed E-state index contributed by atoms with van der Waals surface area (Å²) in [5.74, 6) is -0.401. The zero-order valence-electron chi connectivity index (χ0n) is 16.4. The van der Waals surface area contributed by atoms with Gasteiger partial charge in [0.15, 0.2) is 5.03 Å². The van der Waals surface area contributed by atoms with E-state index in [1.165, 1.54) is 50.6 Å². The molecule has 2 aromatic heterocycles. The van der Waals surface area contributed by atoms with Crippen molar-refractivity contribution in [2.24, 2.45) is 0 Å². The summed E-state index contributed by atoms with van der Waals surface area (Å²) in [5.41, 5.74) is 1.11. The van der Waals surface area contributed by atoms with E-state index in [0.29, 0.717) is 22.9 Å². The molecule has 2 unspecified atom stereocenters. The molecule has 160 valence electrons. The lowest BCUT2D eigenvalue weighted by Gasteiger charge is -2.19. The van der Waals surface area contributed by atoms with Crippen LogP contribution in [0.3, 0.4) is 0 Å². The van der Waals surface area contributed by atoms with Gasteiger partial charge in [0.1, 0.15) is 29.3 Å². The highest BCUT2D eigenvalue weighted by Crippen LogP contribution is 2.29. The fraction of sp³-hybridized carbons (Fsp3) is 0.263. The van der Waals surface area contributed by atoms with Gasteiger partial charge >= 0.3 is 0 Å². The monoisotopic (exact) mass is 455 g/mol. The van der Waals surface area contributed by atoms with E-state index >= 15 is 0 Å². The van der Waals surface area contributed by atoms with Crippen LogP contribution >= 0.6 is 11.6 Å². The van der Waals surface area contributed by atoms with Gasteiger partial charge in [0.2, 0.25) is 0 Å². The number of halogens is 3. The smallest absolute Gasteiger partial charge is 0.159 e. The maximum atomic E-state index is 13.7. The molecule has 30 heavy (non-hydrogen) atoms. The Hall–Kier alpha value is -2.56. The van der Waals surface area contributed by atoms with Crippen molar-refractivity contribution in [3.8, 4) is 0 Å². The number of nitrogens with one attached hydrogen (secondary N) is 3. The Balaban J connectivity index is 2.13. The molecule has 0 bridgehead atoms. The number of aromatic amines is 1. The average molecular weight is 456 g/mol. The predicted octanol–water partition coefficient (Wildman–Crippen LogP) is 4.43. The molecule has 0 amide bonds. The maximum absolute atomic E-state index is 13.7. The second kappa shape index (κ2) is 8.66. The Morgan fingerprint density at radius 2 is 1.97 bits per heavy atom. The molecule has 0 fully saturated rings. The number of anilines is 1. The first-order chi connectivity index (χ1) is 14.1. The second-order valence-corrected chi connectivity index (χ2v) is 9.18. The minimum absolute atomic E-state index is 0.0580. The van der Waals surface area contributed by atoms with Crippen LogP contribution in [-0.2, 0) is 21.1 Å². The molecule has 0 aliphatic rings. The number of benzene rings is 1. The van der Waals surface area contributed by atoms with Crippen LogP contribution in [0.15, 0.2) is 35.4 Å². The largest absolute Gasteiger partial charge is 0.378 e. The van der Waals surface area contributed by atoms with E-state index in [1.807, 2.05) is 0 Å². The zero-order valence-corrected chi connectivity index (χ0v) is 18.0. The van der Waals surface area contributed by atoms with Crippen molar-refractivity contribution in [2.45, 2.75) is 24.6 Å². The Bertz CT molecular complexity index is 1180. The van der Waals surface area contributed by atoms with Crippen molar-refractivity contribution in [2.75, 3.05) is 18.7 Å². The number of imidazole rings is 1. The van der Waals surface area contributed by atoms with Crippen LogP contribution in [0, 0.1) is 23.3 Å². The third-order valence-electron chi connectivity index (χ3n) is 4.28. The van der Waals surface area contributed by atoms with Crippen molar-refractivity contribution < 1.29 is 17.7 Å². The lowest BCUT2D eigenvalue weighted by molar-refractivity contribution is 0.179. The maximum Gasteiger partial charge on any atom is 0.159 e. The number of aryl methyl sites for hydroxylation is 1. The number of rotatable bonds is 7. The highest BCUT2D eigenvalue weighted by molar-refractivity contribution is 7.91. The van der Waals surface area contributed by atoms with Gasteiger partial charge < -0.3 is 15.0 Å². The van der Waals surface area contributed by atoms with Crippen molar-refractivity contribution in [3.63, 3.8) is 0 Å². The number of H-pyrrole nitrogens is 1. The molecule has 0 radical (unpaired) electrons. The molecule has 3 N–H and O–H groups in total. The van der Waals surface area contributed by atoms with Gasteiger partial charge in [0.05, 0.1) is 32.7 Å². The van der Waals surface area contributed by atoms with Gasteiger partial charge in [-0.3, -0.25) is 0 Å². The number of ether oxygens (including phenoxy) is 1. The van der Waals surface area contributed by atoms with Crippen LogP contribution < -0.4 is 5.32 Å². The first-order valence-electron chi connectivity index (χ1n) is 8.76. The van der Waals surface area contributed by atoms with Crippen molar-refractivity contribution in [1.82, 2.24) is 15.0 Å². The number of methoxy groups -OCH3 is 1. The van der Waals surface area contributed by atoms with Crippen molar-refractivity contribution in [3.05, 3.63) is 69.8 Å². The van der Waals surface area contributed by atoms with Gasteiger partial charge in [-0.25, -0.2) is 27.7 Å². The van der Waals surface area contributed by atoms with Crippen LogP contribution in [-0.4, -0.2) is 32.5 Å². The summed E-state index contributed by atoms with van der Waals surface area (Å²) in [4.78, 5) is 11.6. The van der Waals surface area contributed by atoms with Crippen LogP contribution in [0.4, 0.5) is 14.6 Å². The molecule has 11 heteroatoms. The molecule has 0 saturated heterocycles. The number of hydrogen-bond donors (Lipinski definition) is 3. The molecule has 3 rings (SSSR count). The van der Waals surface area contributed by atoms with E-state index in [4.69, 9.17) is 21.1 Å². The van der Waals surface area contributed by atoms with Crippen LogP contribution in [0.1, 0.15) is 28.8 Å². The van der Waals surface area contributed by atoms with Gasteiger partial charge in [-0.2, -0.15) is 0 Å². The van der Waals surface area contributed by atoms with Gasteiger partial charge in [-0.05, 0) is 36.8 Å². The minimum Gasteiger partial charge on any atom is -0.378 e. The van der Waals surface area contributed by atoms with E-state index in [2.05, 4.69) is 20.3 Å². The second-order valence-electron chi connectivity index (χ2n) is 6.70. The molecule has 0 aliphatic carbocycles. The van der Waals surface area contributed by atoms with Gasteiger partial charge in [-0.1, -0.05) is 17.7 Å². The minimum atomic E-state index is -3.15. The average Bonchev–Trinajstić information content (AvgIpc) is 3.09. The van der Waals surface area contributed by atoms with Gasteiger partial charge in [0.25, 0.3) is 0 Å². The topological polar surface area (TPSA) is 104 Å². The fourth-order valence-electron chi connectivity index (χ4n) is 2.89. The predicted molar refractivity (Wildman–Crippen MR) is 110 cm³/mol.